The second-order valence-corrected chi connectivity index (χ2v) is 10.6. The van der Waals surface area contributed by atoms with E-state index < -0.39 is 12.1 Å². The van der Waals surface area contributed by atoms with Crippen molar-refractivity contribution in [2.24, 2.45) is 17.8 Å². The molecular formula is C29H44O7. The normalized spacial score (nSPS) is 23.4. The molecule has 2 N–H and O–H groups in total. The van der Waals surface area contributed by atoms with E-state index in [0.29, 0.717) is 24.0 Å². The monoisotopic (exact) mass is 504 g/mol. The summed E-state index contributed by atoms with van der Waals surface area (Å²) < 4.78 is 16.1. The minimum Gasteiger partial charge on any atom is -0.482 e. The maximum absolute atomic E-state index is 12.0. The molecule has 0 aromatic heterocycles. The molecule has 3 rings (SSSR count). The molecule has 0 bridgehead atoms. The Morgan fingerprint density at radius 1 is 1.06 bits per heavy atom. The second-order valence-electron chi connectivity index (χ2n) is 10.6. The minimum atomic E-state index is -0.996. The SMILES string of the molecule is CCCCCCCCC[C@H](O)CC[C@@H]1[C@H]2Cc3cccc(OCC(=O)O)c3C[C@H]2C[C@H]1OC(=O)OC. The molecule has 0 amide bonds. The van der Waals surface area contributed by atoms with Gasteiger partial charge in [0.05, 0.1) is 13.2 Å². The molecule has 1 fully saturated rings. The van der Waals surface area contributed by atoms with Crippen LogP contribution in [0, 0.1) is 17.8 Å². The number of rotatable bonds is 15. The van der Waals surface area contributed by atoms with Gasteiger partial charge in [0.25, 0.3) is 0 Å². The number of aliphatic hydroxyl groups is 1. The fourth-order valence-corrected chi connectivity index (χ4v) is 6.22. The number of hydrogen-bond acceptors (Lipinski definition) is 6. The molecule has 202 valence electrons. The van der Waals surface area contributed by atoms with Gasteiger partial charge in [-0.1, -0.05) is 64.0 Å². The number of benzene rings is 1. The van der Waals surface area contributed by atoms with E-state index in [-0.39, 0.29) is 24.7 Å². The van der Waals surface area contributed by atoms with Crippen molar-refractivity contribution in [3.8, 4) is 5.75 Å². The number of hydrogen-bond donors (Lipinski definition) is 2. The molecule has 1 aromatic rings. The summed E-state index contributed by atoms with van der Waals surface area (Å²) in [6.45, 7) is 1.86. The molecule has 0 saturated heterocycles. The predicted octanol–water partition coefficient (Wildman–Crippen LogP) is 5.93. The molecule has 0 spiro atoms. The number of unbranched alkanes of at least 4 members (excludes halogenated alkanes) is 6. The molecule has 36 heavy (non-hydrogen) atoms. The Balaban J connectivity index is 1.59. The van der Waals surface area contributed by atoms with E-state index in [4.69, 9.17) is 19.3 Å². The molecule has 2 aliphatic rings. The van der Waals surface area contributed by atoms with Crippen LogP contribution in [0.1, 0.15) is 88.7 Å². The summed E-state index contributed by atoms with van der Waals surface area (Å²) in [5, 5.41) is 19.7. The lowest BCUT2D eigenvalue weighted by Gasteiger charge is -2.32. The first kappa shape index (κ1) is 28.3. The lowest BCUT2D eigenvalue weighted by Crippen LogP contribution is -2.29. The first-order chi connectivity index (χ1) is 17.4. The lowest BCUT2D eigenvalue weighted by molar-refractivity contribution is -0.139. The third kappa shape index (κ3) is 8.12. The Kier molecular flexibility index (Phi) is 11.4. The number of methoxy groups -OCH3 is 1. The number of aliphatic hydroxyl groups excluding tert-OH is 1. The van der Waals surface area contributed by atoms with Gasteiger partial charge in [0.1, 0.15) is 11.9 Å². The Hall–Kier alpha value is -2.28. The Morgan fingerprint density at radius 3 is 2.53 bits per heavy atom. The average Bonchev–Trinajstić information content (AvgIpc) is 3.19. The molecule has 2 aliphatic carbocycles. The fraction of sp³-hybridized carbons (Fsp3) is 0.724. The van der Waals surface area contributed by atoms with Crippen LogP contribution in [0.2, 0.25) is 0 Å². The Bertz CT molecular complexity index is 839. The molecule has 0 heterocycles. The van der Waals surface area contributed by atoms with Gasteiger partial charge in [0.15, 0.2) is 6.61 Å². The van der Waals surface area contributed by atoms with Crippen molar-refractivity contribution < 1.29 is 34.0 Å². The standard InChI is InChI=1S/C29H44O7/c1-3-4-5-6-7-8-9-12-22(30)14-15-23-24-16-20-11-10-13-26(35-19-28(31)32)25(20)17-21(24)18-27(23)36-29(33)34-2/h10-11,13,21-24,27,30H,3-9,12,14-19H2,1-2H3,(H,31,32)/t21-,22-,23+,24-,27+/m0/s1. The van der Waals surface area contributed by atoms with E-state index in [1.54, 1.807) is 0 Å². The van der Waals surface area contributed by atoms with E-state index in [9.17, 15) is 14.7 Å². The van der Waals surface area contributed by atoms with E-state index >= 15 is 0 Å². The third-order valence-corrected chi connectivity index (χ3v) is 8.06. The minimum absolute atomic E-state index is 0.162. The van der Waals surface area contributed by atoms with Gasteiger partial charge in [-0.25, -0.2) is 9.59 Å². The summed E-state index contributed by atoms with van der Waals surface area (Å²) in [6.07, 6.45) is 12.1. The van der Waals surface area contributed by atoms with Gasteiger partial charge in [0, 0.05) is 0 Å². The highest BCUT2D eigenvalue weighted by atomic mass is 16.7. The largest absolute Gasteiger partial charge is 0.508 e. The molecule has 1 saturated carbocycles. The van der Waals surface area contributed by atoms with E-state index in [1.807, 2.05) is 12.1 Å². The lowest BCUT2D eigenvalue weighted by atomic mass is 9.73. The van der Waals surface area contributed by atoms with Gasteiger partial charge in [-0.2, -0.15) is 0 Å². The summed E-state index contributed by atoms with van der Waals surface area (Å²) in [6, 6.07) is 5.83. The molecule has 0 aliphatic heterocycles. The van der Waals surface area contributed by atoms with Crippen molar-refractivity contribution in [2.45, 2.75) is 103 Å². The number of carbonyl (C=O) groups is 2. The number of carboxylic acids is 1. The average molecular weight is 505 g/mol. The highest BCUT2D eigenvalue weighted by Crippen LogP contribution is 2.49. The maximum Gasteiger partial charge on any atom is 0.508 e. The van der Waals surface area contributed by atoms with Crippen molar-refractivity contribution in [3.05, 3.63) is 29.3 Å². The van der Waals surface area contributed by atoms with Gasteiger partial charge >= 0.3 is 12.1 Å². The zero-order chi connectivity index (χ0) is 25.9. The zero-order valence-electron chi connectivity index (χ0n) is 22.0. The summed E-state index contributed by atoms with van der Waals surface area (Å²) in [5.41, 5.74) is 2.24. The summed E-state index contributed by atoms with van der Waals surface area (Å²) in [7, 11) is 1.33. The summed E-state index contributed by atoms with van der Waals surface area (Å²) in [5.74, 6) is 0.449. The number of aliphatic carboxylic acids is 1. The summed E-state index contributed by atoms with van der Waals surface area (Å²) in [4.78, 5) is 23.0. The van der Waals surface area contributed by atoms with Crippen LogP contribution in [0.25, 0.3) is 0 Å². The quantitative estimate of drug-likeness (QED) is 0.225. The number of ether oxygens (including phenoxy) is 3. The second kappa shape index (κ2) is 14.5. The van der Waals surface area contributed by atoms with Crippen LogP contribution in [0.15, 0.2) is 18.2 Å². The topological polar surface area (TPSA) is 102 Å². The summed E-state index contributed by atoms with van der Waals surface area (Å²) >= 11 is 0. The van der Waals surface area contributed by atoms with Crippen LogP contribution in [-0.2, 0) is 27.1 Å². The molecule has 1 aromatic carbocycles. The van der Waals surface area contributed by atoms with Gasteiger partial charge in [-0.15, -0.1) is 0 Å². The first-order valence-corrected chi connectivity index (χ1v) is 13.8. The van der Waals surface area contributed by atoms with Gasteiger partial charge in [-0.3, -0.25) is 0 Å². The number of fused-ring (bicyclic) bond motifs is 2. The smallest absolute Gasteiger partial charge is 0.482 e. The predicted molar refractivity (Wildman–Crippen MR) is 137 cm³/mol. The van der Waals surface area contributed by atoms with Crippen LogP contribution in [0.5, 0.6) is 5.75 Å². The highest BCUT2D eigenvalue weighted by Gasteiger charge is 2.47. The molecule has 0 unspecified atom stereocenters. The van der Waals surface area contributed by atoms with Crippen LogP contribution < -0.4 is 4.74 Å². The number of carboxylic acid groups (broad SMARTS) is 1. The molecular weight excluding hydrogens is 460 g/mol. The van der Waals surface area contributed by atoms with E-state index in [0.717, 1.165) is 44.1 Å². The van der Waals surface area contributed by atoms with Crippen LogP contribution in [-0.4, -0.2) is 48.3 Å². The maximum atomic E-state index is 12.0. The van der Waals surface area contributed by atoms with E-state index in [1.165, 1.54) is 51.2 Å². The van der Waals surface area contributed by atoms with E-state index in [2.05, 4.69) is 13.0 Å². The Labute approximate surface area is 215 Å². The van der Waals surface area contributed by atoms with Crippen LogP contribution in [0.3, 0.4) is 0 Å². The van der Waals surface area contributed by atoms with Crippen molar-refractivity contribution in [2.75, 3.05) is 13.7 Å². The van der Waals surface area contributed by atoms with Crippen LogP contribution >= 0.6 is 0 Å². The molecule has 0 radical (unpaired) electrons. The molecule has 7 heteroatoms. The molecule has 7 nitrogen and oxygen atoms in total. The highest BCUT2D eigenvalue weighted by molar-refractivity contribution is 5.68. The van der Waals surface area contributed by atoms with Crippen molar-refractivity contribution in [1.29, 1.82) is 0 Å². The van der Waals surface area contributed by atoms with Gasteiger partial charge < -0.3 is 24.4 Å². The first-order valence-electron chi connectivity index (χ1n) is 13.8. The zero-order valence-corrected chi connectivity index (χ0v) is 22.0. The third-order valence-electron chi connectivity index (χ3n) is 8.06. The van der Waals surface area contributed by atoms with Crippen molar-refractivity contribution >= 4 is 12.1 Å². The fourth-order valence-electron chi connectivity index (χ4n) is 6.22. The number of carbonyl (C=O) groups excluding carboxylic acids is 1. The van der Waals surface area contributed by atoms with Crippen molar-refractivity contribution in [1.82, 2.24) is 0 Å². The molecule has 5 atom stereocenters. The van der Waals surface area contributed by atoms with Gasteiger partial charge in [-0.05, 0) is 73.5 Å². The van der Waals surface area contributed by atoms with Crippen molar-refractivity contribution in [3.63, 3.8) is 0 Å². The Morgan fingerprint density at radius 2 is 1.81 bits per heavy atom. The van der Waals surface area contributed by atoms with Crippen LogP contribution in [0.4, 0.5) is 4.79 Å². The van der Waals surface area contributed by atoms with Gasteiger partial charge in [0.2, 0.25) is 0 Å².